The molecule has 0 fully saturated rings. The Hall–Kier alpha value is -7.10. The van der Waals surface area contributed by atoms with Crippen molar-refractivity contribution in [1.29, 1.82) is 0 Å². The second-order valence-electron chi connectivity index (χ2n) is 16.0. The smallest absolute Gasteiger partial charge is 0.251 e. The molecule has 0 saturated heterocycles. The molecule has 5 atom stereocenters. The Balaban J connectivity index is 1.34. The predicted molar refractivity (Wildman–Crippen MR) is 251 cm³/mol. The topological polar surface area (TPSA) is 211 Å². The molecule has 344 valence electrons. The van der Waals surface area contributed by atoms with Gasteiger partial charge in [0.2, 0.25) is 29.4 Å². The predicted octanol–water partition coefficient (Wildman–Crippen LogP) is 5.45. The van der Waals surface area contributed by atoms with E-state index in [0.717, 1.165) is 11.1 Å². The Morgan fingerprint density at radius 3 is 2.12 bits per heavy atom. The molecule has 1 aliphatic heterocycles. The minimum absolute atomic E-state index is 0.00857. The number of nitrogens with zero attached hydrogens (tertiary/aromatic N) is 2. The number of Topliss-reactive ketones (excluding diaryl/α,β-unsaturated/α-hetero) is 1. The lowest BCUT2D eigenvalue weighted by atomic mass is 9.93. The summed E-state index contributed by atoms with van der Waals surface area (Å²) >= 11 is 6.07. The second-order valence-corrected chi connectivity index (χ2v) is 16.5. The van der Waals surface area contributed by atoms with Crippen LogP contribution in [0.5, 0.6) is 11.5 Å². The number of rotatable bonds is 15. The zero-order valence-corrected chi connectivity index (χ0v) is 38.2. The average Bonchev–Trinajstić information content (AvgIpc) is 3.33. The Kier molecular flexibility index (Phi) is 16.3. The van der Waals surface area contributed by atoms with E-state index in [1.165, 1.54) is 46.2 Å². The number of fused-ring (bicyclic) bond motifs is 5. The fourth-order valence-corrected chi connectivity index (χ4v) is 7.91. The first-order chi connectivity index (χ1) is 31.7. The lowest BCUT2D eigenvalue weighted by molar-refractivity contribution is -0.141. The van der Waals surface area contributed by atoms with Crippen LogP contribution in [0.15, 0.2) is 109 Å². The van der Waals surface area contributed by atoms with Crippen LogP contribution in [0.2, 0.25) is 5.02 Å². The molecule has 0 saturated carbocycles. The first kappa shape index (κ1) is 48.4. The normalized spacial score (nSPS) is 16.9. The van der Waals surface area contributed by atoms with Gasteiger partial charge in [-0.2, -0.15) is 0 Å². The highest BCUT2D eigenvalue weighted by atomic mass is 35.5. The molecule has 5 aromatic rings. The first-order valence-electron chi connectivity index (χ1n) is 21.6. The Morgan fingerprint density at radius 2 is 1.48 bits per heavy atom. The number of ether oxygens (including phenoxy) is 2. The lowest BCUT2D eigenvalue weighted by Gasteiger charge is -2.32. The van der Waals surface area contributed by atoms with Crippen LogP contribution in [-0.2, 0) is 25.6 Å². The highest BCUT2D eigenvalue weighted by Crippen LogP contribution is 2.40. The van der Waals surface area contributed by atoms with E-state index in [4.69, 9.17) is 26.8 Å². The fourth-order valence-electron chi connectivity index (χ4n) is 7.78. The number of unbranched alkanes of at least 4 members (excludes halogenated alkanes) is 1. The number of aromatic nitrogens is 1. The van der Waals surface area contributed by atoms with Crippen LogP contribution >= 0.6 is 11.6 Å². The van der Waals surface area contributed by atoms with E-state index in [-0.39, 0.29) is 18.5 Å². The SMILES string of the molecule is COc1ccc2cc1-c1cc(ccc1OC)C(N(C)C(=O)C(CCCCN)NC(=O)c1ccc(-c3ccc(Cl)cc3)cc1)C(=O)NC(C)C(=O)NC(C(=O)NC(C)C(=O)c1ccccn1)C2. The number of halogens is 1. The van der Waals surface area contributed by atoms with Crippen molar-refractivity contribution in [3.8, 4) is 33.8 Å². The first-order valence-corrected chi connectivity index (χ1v) is 22.0. The maximum Gasteiger partial charge on any atom is 0.251 e. The number of carbonyl (C=O) groups excluding carboxylic acids is 6. The van der Waals surface area contributed by atoms with E-state index in [9.17, 15) is 28.8 Å². The molecule has 5 amide bonds. The third-order valence-electron chi connectivity index (χ3n) is 11.4. The van der Waals surface area contributed by atoms with Crippen LogP contribution in [0.1, 0.15) is 71.1 Å². The lowest BCUT2D eigenvalue weighted by Crippen LogP contribution is -2.56. The van der Waals surface area contributed by atoms with Crippen molar-refractivity contribution in [3.63, 3.8) is 0 Å². The minimum atomic E-state index is -1.35. The van der Waals surface area contributed by atoms with E-state index in [1.807, 2.05) is 12.1 Å². The molecular formula is C50H54ClN7O8. The van der Waals surface area contributed by atoms with Crippen molar-refractivity contribution >= 4 is 46.9 Å². The van der Waals surface area contributed by atoms with Gasteiger partial charge in [0.25, 0.3) is 5.91 Å². The molecule has 15 nitrogen and oxygen atoms in total. The number of pyridine rings is 1. The van der Waals surface area contributed by atoms with Crippen LogP contribution in [-0.4, -0.2) is 97.2 Å². The zero-order chi connectivity index (χ0) is 47.5. The number of ketones is 1. The van der Waals surface area contributed by atoms with E-state index >= 15 is 0 Å². The van der Waals surface area contributed by atoms with Crippen molar-refractivity contribution in [3.05, 3.63) is 137 Å². The average molecular weight is 916 g/mol. The number of benzene rings is 4. The van der Waals surface area contributed by atoms with Crippen molar-refractivity contribution in [1.82, 2.24) is 31.2 Å². The molecule has 5 unspecified atom stereocenters. The van der Waals surface area contributed by atoms with Gasteiger partial charge in [-0.3, -0.25) is 33.8 Å². The van der Waals surface area contributed by atoms with Gasteiger partial charge in [0.1, 0.15) is 41.4 Å². The van der Waals surface area contributed by atoms with Crippen molar-refractivity contribution in [2.75, 3.05) is 27.8 Å². The van der Waals surface area contributed by atoms with Gasteiger partial charge in [0, 0.05) is 41.4 Å². The molecule has 66 heavy (non-hydrogen) atoms. The molecule has 0 aliphatic carbocycles. The number of nitrogens with two attached hydrogens (primary N) is 1. The van der Waals surface area contributed by atoms with Gasteiger partial charge in [-0.15, -0.1) is 0 Å². The Morgan fingerprint density at radius 1 is 0.833 bits per heavy atom. The molecule has 4 aromatic carbocycles. The molecule has 2 heterocycles. The Bertz CT molecular complexity index is 2560. The monoisotopic (exact) mass is 915 g/mol. The van der Waals surface area contributed by atoms with Gasteiger partial charge >= 0.3 is 0 Å². The van der Waals surface area contributed by atoms with Crippen LogP contribution in [0.3, 0.4) is 0 Å². The zero-order valence-electron chi connectivity index (χ0n) is 37.4. The summed E-state index contributed by atoms with van der Waals surface area (Å²) in [6, 6.07) is 23.6. The summed E-state index contributed by atoms with van der Waals surface area (Å²) in [5.41, 5.74) is 10.1. The van der Waals surface area contributed by atoms with E-state index < -0.39 is 65.5 Å². The molecule has 1 aliphatic rings. The summed E-state index contributed by atoms with van der Waals surface area (Å²) < 4.78 is 11.6. The minimum Gasteiger partial charge on any atom is -0.496 e. The molecule has 1 aromatic heterocycles. The number of hydrogen-bond donors (Lipinski definition) is 5. The number of nitrogens with one attached hydrogen (secondary N) is 4. The second kappa shape index (κ2) is 22.2. The maximum atomic E-state index is 14.7. The van der Waals surface area contributed by atoms with Crippen LogP contribution in [0.25, 0.3) is 22.3 Å². The number of amides is 5. The summed E-state index contributed by atoms with van der Waals surface area (Å²) in [5, 5.41) is 11.7. The van der Waals surface area contributed by atoms with Gasteiger partial charge in [-0.05, 0) is 123 Å². The third-order valence-corrected chi connectivity index (χ3v) is 11.7. The molecule has 16 heteroatoms. The quantitative estimate of drug-likeness (QED) is 0.0663. The van der Waals surface area contributed by atoms with Crippen LogP contribution < -0.4 is 36.5 Å². The third kappa shape index (κ3) is 11.6. The summed E-state index contributed by atoms with van der Waals surface area (Å²) in [7, 11) is 4.46. The van der Waals surface area contributed by atoms with Crippen molar-refractivity contribution in [2.45, 2.75) is 69.7 Å². The van der Waals surface area contributed by atoms with Crippen LogP contribution in [0.4, 0.5) is 0 Å². The van der Waals surface area contributed by atoms with Crippen molar-refractivity contribution < 1.29 is 38.2 Å². The van der Waals surface area contributed by atoms with Gasteiger partial charge in [0.05, 0.1) is 20.3 Å². The molecule has 4 bridgehead atoms. The highest BCUT2D eigenvalue weighted by molar-refractivity contribution is 6.30. The highest BCUT2D eigenvalue weighted by Gasteiger charge is 2.36. The maximum absolute atomic E-state index is 14.7. The van der Waals surface area contributed by atoms with E-state index in [2.05, 4.69) is 26.3 Å². The summed E-state index contributed by atoms with van der Waals surface area (Å²) in [5.74, 6) is -2.70. The van der Waals surface area contributed by atoms with Gasteiger partial charge < -0.3 is 41.4 Å². The van der Waals surface area contributed by atoms with Gasteiger partial charge in [-0.1, -0.05) is 54.1 Å². The molecular weight excluding hydrogens is 862 g/mol. The Labute approximate surface area is 388 Å². The van der Waals surface area contributed by atoms with E-state index in [1.54, 1.807) is 91.0 Å². The number of carbonyl (C=O) groups is 6. The van der Waals surface area contributed by atoms with Gasteiger partial charge in [0.15, 0.2) is 0 Å². The van der Waals surface area contributed by atoms with E-state index in [0.29, 0.717) is 63.7 Å². The molecule has 0 radical (unpaired) electrons. The molecule has 6 N–H and O–H groups in total. The summed E-state index contributed by atoms with van der Waals surface area (Å²) in [6.07, 6.45) is 2.76. The fraction of sp³-hybridized carbons (Fsp3) is 0.300. The summed E-state index contributed by atoms with van der Waals surface area (Å²) in [4.78, 5) is 89.6. The van der Waals surface area contributed by atoms with Crippen LogP contribution in [0, 0.1) is 0 Å². The van der Waals surface area contributed by atoms with Gasteiger partial charge in [-0.25, -0.2) is 0 Å². The molecule has 0 spiro atoms. The number of methoxy groups -OCH3 is 2. The molecule has 6 rings (SSSR count). The standard InChI is InChI=1S/C50H54ClN7O8/c1-29(45(59)39-10-7-9-25-53-39)54-48(62)41-27-31-12-22-42(65-4)37(26-31)38-28-35(19-23-43(38)66-5)44(49(63)55-30(2)46(60)57-41)58(3)50(64)40(11-6-8-24-52)56-47(61)34-15-13-32(14-16-34)33-17-20-36(51)21-18-33/h7,9-10,12-23,25-26,28-30,40-41,44H,6,8,11,24,27,52H2,1-5H3,(H,54,62)(H,55,63)(H,56,61)(H,57,60). The van der Waals surface area contributed by atoms with Crippen molar-refractivity contribution in [2.24, 2.45) is 5.73 Å². The summed E-state index contributed by atoms with van der Waals surface area (Å²) in [6.45, 7) is 3.35. The number of hydrogen-bond acceptors (Lipinski definition) is 10. The largest absolute Gasteiger partial charge is 0.496 e. The number of likely N-dealkylation sites (N-methyl/N-ethyl adjacent to an activating group) is 1.